The number of allylic oxidation sites excluding steroid dienone is 1. The topological polar surface area (TPSA) is 114 Å². The molecule has 28 heavy (non-hydrogen) atoms. The molecule has 0 bridgehead atoms. The summed E-state index contributed by atoms with van der Waals surface area (Å²) in [6.07, 6.45) is 3.53. The maximum absolute atomic E-state index is 12.4. The van der Waals surface area contributed by atoms with Crippen molar-refractivity contribution < 1.29 is 19.4 Å². The number of aliphatic hydroxyl groups is 2. The Balaban J connectivity index is 2.59. The van der Waals surface area contributed by atoms with E-state index in [0.29, 0.717) is 0 Å². The third-order valence-corrected chi connectivity index (χ3v) is 10.3. The number of hydrogen-bond donors (Lipinski definition) is 3. The normalized spacial score (nSPS) is 25.5. The first-order valence-corrected chi connectivity index (χ1v) is 12.3. The molecule has 0 unspecified atom stereocenters. The standard InChI is InChI=1S/C19H32N2O6Si/c1-7-8-13-15(27-28(5,6)18(2,3)4)19(11-22,12-23)26-16(13)21-10-9-14(24)20-17(21)25/h7-10,13,15-16,22-23H,11-12H2,1-6H3,(H,20,24,25)/b8-7+/t13-,15+,16-/m1/s1. The van der Waals surface area contributed by atoms with E-state index >= 15 is 0 Å². The number of nitrogens with one attached hydrogen (secondary N) is 1. The molecular weight excluding hydrogens is 380 g/mol. The van der Waals surface area contributed by atoms with Crippen LogP contribution >= 0.6 is 0 Å². The van der Waals surface area contributed by atoms with Crippen molar-refractivity contribution in [2.75, 3.05) is 13.2 Å². The van der Waals surface area contributed by atoms with Crippen molar-refractivity contribution in [3.8, 4) is 0 Å². The molecule has 1 saturated heterocycles. The molecule has 158 valence electrons. The number of aromatic amines is 1. The number of nitrogens with zero attached hydrogens (tertiary/aromatic N) is 1. The van der Waals surface area contributed by atoms with Gasteiger partial charge in [-0.1, -0.05) is 32.9 Å². The second kappa shape index (κ2) is 8.07. The zero-order chi connectivity index (χ0) is 21.3. The predicted octanol–water partition coefficient (Wildman–Crippen LogP) is 1.37. The van der Waals surface area contributed by atoms with E-state index in [1.807, 2.05) is 19.1 Å². The van der Waals surface area contributed by atoms with Crippen LogP contribution in [0.4, 0.5) is 0 Å². The lowest BCUT2D eigenvalue weighted by Gasteiger charge is -2.43. The Labute approximate surface area is 166 Å². The highest BCUT2D eigenvalue weighted by molar-refractivity contribution is 6.74. The highest BCUT2D eigenvalue weighted by Gasteiger charge is 2.57. The third kappa shape index (κ3) is 4.08. The predicted molar refractivity (Wildman–Crippen MR) is 109 cm³/mol. The van der Waals surface area contributed by atoms with Gasteiger partial charge >= 0.3 is 5.69 Å². The third-order valence-electron chi connectivity index (χ3n) is 5.86. The molecule has 1 aromatic rings. The molecule has 1 aromatic heterocycles. The molecule has 0 radical (unpaired) electrons. The summed E-state index contributed by atoms with van der Waals surface area (Å²) in [5, 5.41) is 20.2. The summed E-state index contributed by atoms with van der Waals surface area (Å²) in [5.41, 5.74) is -2.50. The molecule has 3 N–H and O–H groups in total. The van der Waals surface area contributed by atoms with Gasteiger partial charge in [0, 0.05) is 12.3 Å². The summed E-state index contributed by atoms with van der Waals surface area (Å²) in [4.78, 5) is 26.0. The van der Waals surface area contributed by atoms with Gasteiger partial charge in [-0.15, -0.1) is 0 Å². The van der Waals surface area contributed by atoms with Crippen LogP contribution in [0.5, 0.6) is 0 Å². The van der Waals surface area contributed by atoms with Crippen molar-refractivity contribution in [2.45, 2.75) is 63.8 Å². The molecule has 1 fully saturated rings. The average molecular weight is 413 g/mol. The van der Waals surface area contributed by atoms with Crippen molar-refractivity contribution in [3.63, 3.8) is 0 Å². The van der Waals surface area contributed by atoms with Crippen LogP contribution in [0.1, 0.15) is 33.9 Å². The second-order valence-corrected chi connectivity index (χ2v) is 13.6. The quantitative estimate of drug-likeness (QED) is 0.480. The number of ether oxygens (including phenoxy) is 1. The van der Waals surface area contributed by atoms with E-state index in [2.05, 4.69) is 38.8 Å². The Morgan fingerprint density at radius 3 is 2.39 bits per heavy atom. The van der Waals surface area contributed by atoms with E-state index < -0.39 is 56.6 Å². The van der Waals surface area contributed by atoms with Crippen LogP contribution in [0.15, 0.2) is 34.0 Å². The van der Waals surface area contributed by atoms with Gasteiger partial charge in [0.15, 0.2) is 8.32 Å². The van der Waals surface area contributed by atoms with Crippen molar-refractivity contribution in [1.29, 1.82) is 0 Å². The van der Waals surface area contributed by atoms with Crippen LogP contribution in [-0.2, 0) is 9.16 Å². The van der Waals surface area contributed by atoms with E-state index in [1.165, 1.54) is 16.8 Å². The number of aromatic nitrogens is 2. The Hall–Kier alpha value is -1.52. The Kier molecular flexibility index (Phi) is 6.56. The molecule has 1 aliphatic heterocycles. The Morgan fingerprint density at radius 1 is 1.32 bits per heavy atom. The SMILES string of the molecule is C/C=C/[C@H]1[C@H](n2ccc(=O)[nH]c2=O)OC(CO)(CO)[C@H]1O[Si](C)(C)C(C)(C)C. The van der Waals surface area contributed by atoms with Gasteiger partial charge in [0.25, 0.3) is 5.56 Å². The molecule has 0 spiro atoms. The van der Waals surface area contributed by atoms with Crippen LogP contribution in [0.25, 0.3) is 0 Å². The largest absolute Gasteiger partial charge is 0.410 e. The minimum atomic E-state index is -2.30. The molecule has 9 heteroatoms. The van der Waals surface area contributed by atoms with Gasteiger partial charge in [0.05, 0.1) is 25.2 Å². The van der Waals surface area contributed by atoms with Gasteiger partial charge in [-0.3, -0.25) is 14.3 Å². The first-order chi connectivity index (χ1) is 12.9. The molecule has 2 heterocycles. The molecule has 0 aliphatic carbocycles. The fraction of sp³-hybridized carbons (Fsp3) is 0.684. The van der Waals surface area contributed by atoms with Crippen LogP contribution in [0.3, 0.4) is 0 Å². The van der Waals surface area contributed by atoms with Gasteiger partial charge in [0.1, 0.15) is 11.8 Å². The Bertz CT molecular complexity index is 819. The maximum atomic E-state index is 12.4. The molecule has 2 rings (SSSR count). The first-order valence-electron chi connectivity index (χ1n) is 9.44. The zero-order valence-corrected chi connectivity index (χ0v) is 18.4. The summed E-state index contributed by atoms with van der Waals surface area (Å²) in [6.45, 7) is 11.4. The molecule has 0 aromatic carbocycles. The van der Waals surface area contributed by atoms with Gasteiger partial charge in [-0.05, 0) is 25.1 Å². The highest BCUT2D eigenvalue weighted by atomic mass is 28.4. The smallest absolute Gasteiger partial charge is 0.330 e. The van der Waals surface area contributed by atoms with Gasteiger partial charge in [-0.25, -0.2) is 4.79 Å². The zero-order valence-electron chi connectivity index (χ0n) is 17.4. The summed E-state index contributed by atoms with van der Waals surface area (Å²) >= 11 is 0. The van der Waals surface area contributed by atoms with Crippen LogP contribution in [0.2, 0.25) is 18.1 Å². The molecule has 8 nitrogen and oxygen atoms in total. The minimum absolute atomic E-state index is 0.100. The number of H-pyrrole nitrogens is 1. The van der Waals surface area contributed by atoms with E-state index in [4.69, 9.17) is 9.16 Å². The van der Waals surface area contributed by atoms with Crippen LogP contribution in [-0.4, -0.2) is 53.0 Å². The van der Waals surface area contributed by atoms with E-state index in [1.54, 1.807) is 0 Å². The van der Waals surface area contributed by atoms with Crippen molar-refractivity contribution in [2.24, 2.45) is 5.92 Å². The molecule has 1 aliphatic rings. The monoisotopic (exact) mass is 412 g/mol. The molecule has 0 amide bonds. The Morgan fingerprint density at radius 2 is 1.93 bits per heavy atom. The van der Waals surface area contributed by atoms with Gasteiger partial charge in [-0.2, -0.15) is 0 Å². The molecule has 3 atom stereocenters. The fourth-order valence-corrected chi connectivity index (χ4v) is 4.52. The lowest BCUT2D eigenvalue weighted by atomic mass is 9.90. The van der Waals surface area contributed by atoms with Crippen LogP contribution < -0.4 is 11.2 Å². The van der Waals surface area contributed by atoms with Crippen molar-refractivity contribution in [1.82, 2.24) is 9.55 Å². The van der Waals surface area contributed by atoms with E-state index in [-0.39, 0.29) is 5.04 Å². The lowest BCUT2D eigenvalue weighted by molar-refractivity contribution is -0.148. The highest BCUT2D eigenvalue weighted by Crippen LogP contribution is 2.47. The summed E-state index contributed by atoms with van der Waals surface area (Å²) in [6, 6.07) is 1.24. The van der Waals surface area contributed by atoms with E-state index in [0.717, 1.165) is 0 Å². The van der Waals surface area contributed by atoms with Crippen molar-refractivity contribution >= 4 is 8.32 Å². The van der Waals surface area contributed by atoms with E-state index in [9.17, 15) is 19.8 Å². The second-order valence-electron chi connectivity index (χ2n) is 8.81. The average Bonchev–Trinajstić information content (AvgIpc) is 2.88. The minimum Gasteiger partial charge on any atom is -0.410 e. The van der Waals surface area contributed by atoms with Crippen LogP contribution in [0, 0.1) is 5.92 Å². The first kappa shape index (κ1) is 22.8. The molecule has 0 saturated carbocycles. The van der Waals surface area contributed by atoms with Crippen molar-refractivity contribution in [3.05, 3.63) is 45.3 Å². The fourth-order valence-electron chi connectivity index (χ4n) is 3.16. The maximum Gasteiger partial charge on any atom is 0.330 e. The summed E-state index contributed by atoms with van der Waals surface area (Å²) < 4.78 is 13.9. The summed E-state index contributed by atoms with van der Waals surface area (Å²) in [7, 11) is -2.30. The lowest BCUT2D eigenvalue weighted by Crippen LogP contribution is -2.55. The number of rotatable bonds is 6. The van der Waals surface area contributed by atoms with Gasteiger partial charge < -0.3 is 19.4 Å². The molecular formula is C19H32N2O6Si. The number of aliphatic hydroxyl groups excluding tert-OH is 2. The summed E-state index contributed by atoms with van der Waals surface area (Å²) in [5.74, 6) is -0.443. The number of hydrogen-bond acceptors (Lipinski definition) is 6. The van der Waals surface area contributed by atoms with Gasteiger partial charge in [0.2, 0.25) is 0 Å².